The number of nitrogens with two attached hydrogens (primary N) is 1. The van der Waals surface area contributed by atoms with Crippen molar-refractivity contribution < 1.29 is 0 Å². The molecule has 0 aliphatic carbocycles. The van der Waals surface area contributed by atoms with Gasteiger partial charge in [0.05, 0.1) is 0 Å². The molecule has 2 aromatic rings. The molecule has 0 atom stereocenters. The number of halogens is 2. The second-order valence-corrected chi connectivity index (χ2v) is 2.26. The maximum Gasteiger partial charge on any atom is 0.177 e. The largest absolute Gasteiger partial charge is 0.307 e. The van der Waals surface area contributed by atoms with Crippen LogP contribution in [0.5, 0.6) is 0 Å². The molecule has 0 unspecified atom stereocenters. The zero-order valence-corrected chi connectivity index (χ0v) is 9.07. The Morgan fingerprint density at radius 2 is 2.00 bits per heavy atom. The summed E-state index contributed by atoms with van der Waals surface area (Å²) in [5.74, 6) is 6.23. The predicted molar refractivity (Wildman–Crippen MR) is 59.3 cm³/mol. The van der Waals surface area contributed by atoms with Gasteiger partial charge in [0.25, 0.3) is 0 Å². The van der Waals surface area contributed by atoms with Crippen molar-refractivity contribution in [2.75, 3.05) is 5.43 Å². The van der Waals surface area contributed by atoms with Crippen LogP contribution in [0, 0.1) is 0 Å². The molecule has 3 N–H and O–H groups in total. The molecule has 0 aromatic carbocycles. The number of hydrazine groups is 1. The Balaban J connectivity index is 0.000000980. The Bertz CT molecular complexity index is 373. The molecule has 0 aliphatic heterocycles. The van der Waals surface area contributed by atoms with Crippen molar-refractivity contribution in [3.8, 4) is 5.82 Å². The average molecular weight is 250 g/mol. The summed E-state index contributed by atoms with van der Waals surface area (Å²) in [5.41, 5.74) is 2.38. The lowest BCUT2D eigenvalue weighted by atomic mass is 10.5. The maximum absolute atomic E-state index is 5.13. The summed E-state index contributed by atoms with van der Waals surface area (Å²) in [4.78, 5) is 3.78. The van der Waals surface area contributed by atoms with Gasteiger partial charge in [-0.15, -0.1) is 35.0 Å². The molecule has 0 saturated carbocycles. The summed E-state index contributed by atoms with van der Waals surface area (Å²) in [6, 6.07) is 3.43. The van der Waals surface area contributed by atoms with Gasteiger partial charge < -0.3 is 5.43 Å². The van der Waals surface area contributed by atoms with E-state index < -0.39 is 0 Å². The zero-order chi connectivity index (χ0) is 9.10. The molecule has 9 heteroatoms. The molecular weight excluding hydrogens is 241 g/mol. The number of anilines is 1. The number of nitrogens with one attached hydrogen (secondary N) is 1. The van der Waals surface area contributed by atoms with E-state index in [4.69, 9.17) is 5.84 Å². The van der Waals surface area contributed by atoms with Crippen LogP contribution in [-0.4, -0.2) is 25.0 Å². The van der Waals surface area contributed by atoms with E-state index in [1.54, 1.807) is 18.5 Å². The summed E-state index contributed by atoms with van der Waals surface area (Å²) in [5, 5.41) is 11.5. The highest BCUT2D eigenvalue weighted by Crippen LogP contribution is 2.02. The van der Waals surface area contributed by atoms with Crippen LogP contribution < -0.4 is 11.3 Å². The molecule has 2 aromatic heterocycles. The summed E-state index contributed by atoms with van der Waals surface area (Å²) in [6.07, 6.45) is 2.97. The van der Waals surface area contributed by atoms with Gasteiger partial charge in [-0.3, -0.25) is 0 Å². The van der Waals surface area contributed by atoms with E-state index in [-0.39, 0.29) is 24.8 Å². The van der Waals surface area contributed by atoms with Gasteiger partial charge in [0, 0.05) is 0 Å². The highest BCUT2D eigenvalue weighted by molar-refractivity contribution is 5.85. The SMILES string of the molecule is Cl.Cl.NNc1ccc(-n2cncn2)nn1. The van der Waals surface area contributed by atoms with Crippen LogP contribution in [0.3, 0.4) is 0 Å². The van der Waals surface area contributed by atoms with Crippen LogP contribution in [0.2, 0.25) is 0 Å². The molecule has 0 aliphatic rings. The third kappa shape index (κ3) is 3.01. The van der Waals surface area contributed by atoms with Crippen LogP contribution in [0.25, 0.3) is 5.82 Å². The highest BCUT2D eigenvalue weighted by atomic mass is 35.5. The molecule has 0 radical (unpaired) electrons. The average Bonchev–Trinajstić information content (AvgIpc) is 2.71. The van der Waals surface area contributed by atoms with Crippen molar-refractivity contribution in [3.05, 3.63) is 24.8 Å². The van der Waals surface area contributed by atoms with E-state index >= 15 is 0 Å². The number of hydrogen-bond acceptors (Lipinski definition) is 6. The topological polar surface area (TPSA) is 94.5 Å². The van der Waals surface area contributed by atoms with Gasteiger partial charge >= 0.3 is 0 Å². The molecular formula is C6H9Cl2N7. The molecule has 15 heavy (non-hydrogen) atoms. The first-order valence-electron chi connectivity index (χ1n) is 3.55. The minimum Gasteiger partial charge on any atom is -0.307 e. The first-order valence-corrected chi connectivity index (χ1v) is 3.55. The Hall–Kier alpha value is -1.44. The molecule has 0 bridgehead atoms. The minimum atomic E-state index is 0. The Morgan fingerprint density at radius 1 is 1.20 bits per heavy atom. The van der Waals surface area contributed by atoms with Gasteiger partial charge in [0.1, 0.15) is 12.7 Å². The van der Waals surface area contributed by atoms with Crippen molar-refractivity contribution in [3.63, 3.8) is 0 Å². The van der Waals surface area contributed by atoms with Crippen molar-refractivity contribution in [2.45, 2.75) is 0 Å². The van der Waals surface area contributed by atoms with E-state index in [9.17, 15) is 0 Å². The molecule has 0 saturated heterocycles. The first kappa shape index (κ1) is 13.6. The quantitative estimate of drug-likeness (QED) is 0.583. The van der Waals surface area contributed by atoms with Gasteiger partial charge in [-0.05, 0) is 12.1 Å². The lowest BCUT2D eigenvalue weighted by Gasteiger charge is -1.99. The summed E-state index contributed by atoms with van der Waals surface area (Å²) in [6.45, 7) is 0. The lowest BCUT2D eigenvalue weighted by Crippen LogP contribution is -2.10. The monoisotopic (exact) mass is 249 g/mol. The van der Waals surface area contributed by atoms with Crippen LogP contribution in [0.1, 0.15) is 0 Å². The summed E-state index contributed by atoms with van der Waals surface area (Å²) < 4.78 is 1.51. The fourth-order valence-electron chi connectivity index (χ4n) is 0.851. The normalized spacial score (nSPS) is 8.60. The van der Waals surface area contributed by atoms with Crippen LogP contribution in [-0.2, 0) is 0 Å². The smallest absolute Gasteiger partial charge is 0.177 e. The van der Waals surface area contributed by atoms with Crippen molar-refractivity contribution in [1.82, 2.24) is 25.0 Å². The number of nitrogens with zero attached hydrogens (tertiary/aromatic N) is 5. The maximum atomic E-state index is 5.13. The van der Waals surface area contributed by atoms with E-state index in [2.05, 4.69) is 25.7 Å². The summed E-state index contributed by atoms with van der Waals surface area (Å²) in [7, 11) is 0. The van der Waals surface area contributed by atoms with Crippen LogP contribution in [0.15, 0.2) is 24.8 Å². The zero-order valence-electron chi connectivity index (χ0n) is 7.44. The highest BCUT2D eigenvalue weighted by Gasteiger charge is 1.98. The number of rotatable bonds is 2. The Labute approximate surface area is 97.9 Å². The molecule has 0 spiro atoms. The molecule has 7 nitrogen and oxygen atoms in total. The molecule has 0 amide bonds. The van der Waals surface area contributed by atoms with E-state index in [0.29, 0.717) is 11.6 Å². The minimum absolute atomic E-state index is 0. The third-order valence-electron chi connectivity index (χ3n) is 1.45. The fourth-order valence-corrected chi connectivity index (χ4v) is 0.851. The summed E-state index contributed by atoms with van der Waals surface area (Å²) >= 11 is 0. The molecule has 82 valence electrons. The first-order chi connectivity index (χ1) is 6.40. The molecule has 2 heterocycles. The second kappa shape index (κ2) is 6.12. The Kier molecular flexibility index (Phi) is 5.53. The van der Waals surface area contributed by atoms with Crippen LogP contribution >= 0.6 is 24.8 Å². The van der Waals surface area contributed by atoms with E-state index in [0.717, 1.165) is 0 Å². The van der Waals surface area contributed by atoms with Gasteiger partial charge in [0.2, 0.25) is 0 Å². The van der Waals surface area contributed by atoms with Gasteiger partial charge in [-0.2, -0.15) is 5.10 Å². The number of hydrogen-bond donors (Lipinski definition) is 2. The molecule has 0 fully saturated rings. The second-order valence-electron chi connectivity index (χ2n) is 2.26. The molecule has 2 rings (SSSR count). The van der Waals surface area contributed by atoms with Gasteiger partial charge in [-0.25, -0.2) is 15.5 Å². The van der Waals surface area contributed by atoms with E-state index in [1.165, 1.54) is 11.0 Å². The van der Waals surface area contributed by atoms with Crippen molar-refractivity contribution in [1.29, 1.82) is 0 Å². The van der Waals surface area contributed by atoms with Gasteiger partial charge in [0.15, 0.2) is 11.6 Å². The third-order valence-corrected chi connectivity index (χ3v) is 1.45. The van der Waals surface area contributed by atoms with E-state index in [1.807, 2.05) is 0 Å². The lowest BCUT2D eigenvalue weighted by molar-refractivity contribution is 0.813. The van der Waals surface area contributed by atoms with Gasteiger partial charge in [-0.1, -0.05) is 0 Å². The van der Waals surface area contributed by atoms with Crippen LogP contribution in [0.4, 0.5) is 5.82 Å². The number of aromatic nitrogens is 5. The fraction of sp³-hybridized carbons (Fsp3) is 0. The van der Waals surface area contributed by atoms with Crippen molar-refractivity contribution in [2.24, 2.45) is 5.84 Å². The Morgan fingerprint density at radius 3 is 2.47 bits per heavy atom. The predicted octanol–water partition coefficient (Wildman–Crippen LogP) is 0.186. The standard InChI is InChI=1S/C6H7N7.2ClH/c7-10-5-1-2-6(12-11-5)13-4-8-3-9-13;;/h1-4H,7H2,(H,10,11);2*1H. The number of nitrogen functional groups attached to an aromatic ring is 1. The van der Waals surface area contributed by atoms with Crippen molar-refractivity contribution >= 4 is 30.6 Å².